The van der Waals surface area contributed by atoms with Crippen LogP contribution < -0.4 is 0 Å². The molecule has 0 bridgehead atoms. The van der Waals surface area contributed by atoms with Crippen LogP contribution in [0.2, 0.25) is 0 Å². The van der Waals surface area contributed by atoms with Gasteiger partial charge in [-0.05, 0) is 0 Å². The Morgan fingerprint density at radius 3 is 2.82 bits per heavy atom. The van der Waals surface area contributed by atoms with Crippen LogP contribution in [-0.2, 0) is 14.2 Å². The Hall–Kier alpha value is -1.03. The fourth-order valence-corrected chi connectivity index (χ4v) is 0.712. The van der Waals surface area contributed by atoms with Gasteiger partial charge in [-0.3, -0.25) is 0 Å². The van der Waals surface area contributed by atoms with E-state index in [2.05, 4.69) is 16.1 Å². The van der Waals surface area contributed by atoms with Gasteiger partial charge in [-0.2, -0.15) is 0 Å². The second-order valence-corrected chi connectivity index (χ2v) is 2.12. The molecule has 0 amide bonds. The summed E-state index contributed by atoms with van der Waals surface area (Å²) in [6, 6.07) is 0. The first-order chi connectivity index (χ1) is 5.33. The average Bonchev–Trinajstić information content (AvgIpc) is 2.04. The van der Waals surface area contributed by atoms with E-state index < -0.39 is 6.16 Å². The molecule has 1 aliphatic heterocycles. The summed E-state index contributed by atoms with van der Waals surface area (Å²) < 4.78 is 14.3. The molecule has 0 aliphatic carbocycles. The molecule has 0 N–H and O–H groups in total. The maximum Gasteiger partial charge on any atom is 0.508 e. The smallest absolute Gasteiger partial charge is 0.431 e. The molecule has 0 atom stereocenters. The van der Waals surface area contributed by atoms with Crippen LogP contribution in [-0.4, -0.2) is 32.1 Å². The molecule has 1 rings (SSSR count). The average molecular weight is 158 g/mol. The van der Waals surface area contributed by atoms with Gasteiger partial charge in [0.2, 0.25) is 0 Å². The third-order valence-electron chi connectivity index (χ3n) is 1.22. The van der Waals surface area contributed by atoms with Gasteiger partial charge in [0.25, 0.3) is 0 Å². The molecule has 11 heavy (non-hydrogen) atoms. The van der Waals surface area contributed by atoms with Gasteiger partial charge in [0, 0.05) is 0 Å². The van der Waals surface area contributed by atoms with Crippen molar-refractivity contribution in [3.63, 3.8) is 0 Å². The number of carbonyl (C=O) groups excluding carboxylic acids is 1. The van der Waals surface area contributed by atoms with E-state index in [1.54, 1.807) is 6.08 Å². The molecule has 1 fully saturated rings. The molecule has 0 aromatic heterocycles. The summed E-state index contributed by atoms with van der Waals surface area (Å²) in [6.07, 6.45) is 0.866. The van der Waals surface area contributed by atoms with Gasteiger partial charge in [0.05, 0.1) is 6.61 Å². The Bertz CT molecular complexity index is 142. The van der Waals surface area contributed by atoms with Gasteiger partial charge in [-0.15, -0.1) is 6.58 Å². The highest BCUT2D eigenvalue weighted by atomic mass is 16.7. The molecule has 4 nitrogen and oxygen atoms in total. The number of cyclic esters (lactones) is 2. The van der Waals surface area contributed by atoms with Crippen LogP contribution in [0.1, 0.15) is 0 Å². The van der Waals surface area contributed by atoms with Crippen LogP contribution >= 0.6 is 0 Å². The van der Waals surface area contributed by atoms with Crippen LogP contribution in [0, 0.1) is 0 Å². The lowest BCUT2D eigenvalue weighted by Crippen LogP contribution is -2.34. The highest BCUT2D eigenvalue weighted by Gasteiger charge is 2.20. The summed E-state index contributed by atoms with van der Waals surface area (Å²) in [5, 5.41) is 0. The van der Waals surface area contributed by atoms with Crippen molar-refractivity contribution in [2.75, 3.05) is 19.8 Å². The third-order valence-corrected chi connectivity index (χ3v) is 1.22. The van der Waals surface area contributed by atoms with Crippen LogP contribution in [0.4, 0.5) is 4.79 Å². The summed E-state index contributed by atoms with van der Waals surface area (Å²) in [5.41, 5.74) is 0. The summed E-state index contributed by atoms with van der Waals surface area (Å²) in [5.74, 6) is 0. The quantitative estimate of drug-likeness (QED) is 0.448. The second-order valence-electron chi connectivity index (χ2n) is 2.12. The van der Waals surface area contributed by atoms with Crippen molar-refractivity contribution in [3.8, 4) is 0 Å². The van der Waals surface area contributed by atoms with E-state index in [0.29, 0.717) is 6.61 Å². The van der Waals surface area contributed by atoms with E-state index in [9.17, 15) is 4.79 Å². The molecule has 1 saturated heterocycles. The van der Waals surface area contributed by atoms with Gasteiger partial charge < -0.3 is 14.2 Å². The van der Waals surface area contributed by atoms with Crippen LogP contribution in [0.25, 0.3) is 0 Å². The van der Waals surface area contributed by atoms with Crippen LogP contribution in [0.3, 0.4) is 0 Å². The zero-order valence-electron chi connectivity index (χ0n) is 6.12. The largest absolute Gasteiger partial charge is 0.508 e. The Morgan fingerprint density at radius 2 is 2.27 bits per heavy atom. The molecule has 0 aromatic rings. The lowest BCUT2D eigenvalue weighted by Gasteiger charge is -2.21. The van der Waals surface area contributed by atoms with E-state index in [-0.39, 0.29) is 19.3 Å². The lowest BCUT2D eigenvalue weighted by molar-refractivity contribution is -0.0768. The van der Waals surface area contributed by atoms with Crippen molar-refractivity contribution in [1.29, 1.82) is 0 Å². The minimum atomic E-state index is -0.622. The fourth-order valence-electron chi connectivity index (χ4n) is 0.712. The number of hydrogen-bond acceptors (Lipinski definition) is 4. The Morgan fingerprint density at radius 1 is 1.64 bits per heavy atom. The van der Waals surface area contributed by atoms with Gasteiger partial charge in [0.15, 0.2) is 0 Å². The molecule has 1 heterocycles. The Balaban J connectivity index is 2.16. The zero-order chi connectivity index (χ0) is 8.10. The maximum absolute atomic E-state index is 10.4. The van der Waals surface area contributed by atoms with E-state index in [1.165, 1.54) is 0 Å². The summed E-state index contributed by atoms with van der Waals surface area (Å²) >= 11 is 0. The van der Waals surface area contributed by atoms with Crippen molar-refractivity contribution in [2.24, 2.45) is 0 Å². The number of hydrogen-bond donors (Lipinski definition) is 0. The molecule has 0 radical (unpaired) electrons. The molecule has 0 spiro atoms. The van der Waals surface area contributed by atoms with Crippen molar-refractivity contribution in [3.05, 3.63) is 12.7 Å². The van der Waals surface area contributed by atoms with Crippen LogP contribution in [0.5, 0.6) is 0 Å². The zero-order valence-corrected chi connectivity index (χ0v) is 6.12. The van der Waals surface area contributed by atoms with Crippen LogP contribution in [0.15, 0.2) is 12.7 Å². The predicted molar refractivity (Wildman–Crippen MR) is 37.2 cm³/mol. The molecule has 4 heteroatoms. The summed E-state index contributed by atoms with van der Waals surface area (Å²) in [7, 11) is 0. The molecule has 0 unspecified atom stereocenters. The van der Waals surface area contributed by atoms with E-state index >= 15 is 0 Å². The first kappa shape index (κ1) is 8.07. The molecule has 0 saturated carbocycles. The first-order valence-corrected chi connectivity index (χ1v) is 3.35. The normalized spacial score (nSPS) is 18.7. The van der Waals surface area contributed by atoms with Crippen molar-refractivity contribution in [1.82, 2.24) is 0 Å². The second kappa shape index (κ2) is 3.98. The molecular formula is C7H10O4. The lowest BCUT2D eigenvalue weighted by atomic mass is 10.4. The molecule has 1 aliphatic rings. The molecular weight excluding hydrogens is 148 g/mol. The van der Waals surface area contributed by atoms with E-state index in [0.717, 1.165) is 0 Å². The maximum atomic E-state index is 10.4. The van der Waals surface area contributed by atoms with Crippen molar-refractivity contribution < 1.29 is 19.0 Å². The van der Waals surface area contributed by atoms with Gasteiger partial charge >= 0.3 is 6.16 Å². The minimum Gasteiger partial charge on any atom is -0.431 e. The Labute approximate surface area is 64.7 Å². The molecule has 0 aromatic carbocycles. The topological polar surface area (TPSA) is 44.8 Å². The highest BCUT2D eigenvalue weighted by molar-refractivity contribution is 5.60. The van der Waals surface area contributed by atoms with E-state index in [4.69, 9.17) is 4.74 Å². The number of ether oxygens (including phenoxy) is 3. The number of carbonyl (C=O) groups is 1. The van der Waals surface area contributed by atoms with Crippen molar-refractivity contribution >= 4 is 6.16 Å². The minimum absolute atomic E-state index is 0.148. The van der Waals surface area contributed by atoms with Gasteiger partial charge in [0.1, 0.15) is 19.3 Å². The SMILES string of the molecule is C=CCOC1COC(=O)OC1. The van der Waals surface area contributed by atoms with Gasteiger partial charge in [-0.25, -0.2) is 4.79 Å². The van der Waals surface area contributed by atoms with Gasteiger partial charge in [-0.1, -0.05) is 6.08 Å². The third kappa shape index (κ3) is 2.59. The van der Waals surface area contributed by atoms with Crippen molar-refractivity contribution in [2.45, 2.75) is 6.10 Å². The highest BCUT2D eigenvalue weighted by Crippen LogP contribution is 2.03. The molecule has 62 valence electrons. The predicted octanol–water partition coefficient (Wildman–Crippen LogP) is 0.724. The number of rotatable bonds is 3. The summed E-state index contributed by atoms with van der Waals surface area (Å²) in [6.45, 7) is 4.48. The fraction of sp³-hybridized carbons (Fsp3) is 0.571. The Kier molecular flexibility index (Phi) is 2.92. The standard InChI is InChI=1S/C7H10O4/c1-2-3-9-6-4-10-7(8)11-5-6/h2,6H,1,3-5H2. The van der Waals surface area contributed by atoms with E-state index in [1.807, 2.05) is 0 Å². The monoisotopic (exact) mass is 158 g/mol. The summed E-state index contributed by atoms with van der Waals surface area (Å²) in [4.78, 5) is 10.4. The first-order valence-electron chi connectivity index (χ1n) is 3.35.